The fraction of sp³-hybridized carbons (Fsp3) is 0.294. The molecule has 0 bridgehead atoms. The van der Waals surface area contributed by atoms with Gasteiger partial charge in [-0.05, 0) is 41.1 Å². The second kappa shape index (κ2) is 8.24. The standard InChI is InChI=1S/C17H19IN6O/c1-2-7-19-15-13-10-23-24(16(13)22-11-21-15)9-8-20-17(25)12-5-3-4-6-14(12)18/h3-6,10-11H,2,7-9H2,1H3,(H,20,25)(H,19,21,22). The van der Waals surface area contributed by atoms with Crippen LogP contribution in [0.5, 0.6) is 0 Å². The Labute approximate surface area is 159 Å². The molecule has 2 N–H and O–H groups in total. The molecule has 1 amide bonds. The van der Waals surface area contributed by atoms with Crippen molar-refractivity contribution in [3.8, 4) is 0 Å². The molecule has 3 rings (SSSR count). The summed E-state index contributed by atoms with van der Waals surface area (Å²) in [6.45, 7) is 3.97. The zero-order valence-electron chi connectivity index (χ0n) is 13.9. The first-order valence-electron chi connectivity index (χ1n) is 8.13. The van der Waals surface area contributed by atoms with Gasteiger partial charge in [0.2, 0.25) is 0 Å². The minimum Gasteiger partial charge on any atom is -0.369 e. The van der Waals surface area contributed by atoms with Crippen LogP contribution >= 0.6 is 22.6 Å². The molecule has 0 saturated carbocycles. The van der Waals surface area contributed by atoms with Crippen LogP contribution in [-0.4, -0.2) is 38.7 Å². The minimum absolute atomic E-state index is 0.0820. The van der Waals surface area contributed by atoms with Crippen LogP contribution in [-0.2, 0) is 6.54 Å². The number of carbonyl (C=O) groups excluding carboxylic acids is 1. The highest BCUT2D eigenvalue weighted by Crippen LogP contribution is 2.18. The van der Waals surface area contributed by atoms with Crippen molar-refractivity contribution in [1.29, 1.82) is 0 Å². The van der Waals surface area contributed by atoms with Crippen molar-refractivity contribution in [2.75, 3.05) is 18.4 Å². The summed E-state index contributed by atoms with van der Waals surface area (Å²) < 4.78 is 2.71. The summed E-state index contributed by atoms with van der Waals surface area (Å²) in [4.78, 5) is 20.8. The zero-order chi connectivity index (χ0) is 17.6. The summed E-state index contributed by atoms with van der Waals surface area (Å²) in [6, 6.07) is 7.51. The largest absolute Gasteiger partial charge is 0.369 e. The number of amides is 1. The first kappa shape index (κ1) is 17.6. The average molecular weight is 450 g/mol. The van der Waals surface area contributed by atoms with Gasteiger partial charge in [-0.1, -0.05) is 19.1 Å². The molecular weight excluding hydrogens is 431 g/mol. The van der Waals surface area contributed by atoms with E-state index in [0.29, 0.717) is 18.7 Å². The fourth-order valence-corrected chi connectivity index (χ4v) is 3.09. The van der Waals surface area contributed by atoms with E-state index in [9.17, 15) is 4.79 Å². The molecular formula is C17H19IN6O. The molecule has 0 saturated heterocycles. The number of hydrogen-bond donors (Lipinski definition) is 2. The third-order valence-electron chi connectivity index (χ3n) is 3.70. The van der Waals surface area contributed by atoms with Crippen molar-refractivity contribution in [3.63, 3.8) is 0 Å². The van der Waals surface area contributed by atoms with Gasteiger partial charge in [-0.15, -0.1) is 0 Å². The van der Waals surface area contributed by atoms with Gasteiger partial charge in [0.1, 0.15) is 12.1 Å². The molecule has 0 aliphatic rings. The smallest absolute Gasteiger partial charge is 0.252 e. The lowest BCUT2D eigenvalue weighted by molar-refractivity contribution is 0.0951. The van der Waals surface area contributed by atoms with Crippen LogP contribution in [0.2, 0.25) is 0 Å². The number of fused-ring (bicyclic) bond motifs is 1. The summed E-state index contributed by atoms with van der Waals surface area (Å²) >= 11 is 2.16. The van der Waals surface area contributed by atoms with Crippen molar-refractivity contribution in [1.82, 2.24) is 25.1 Å². The highest BCUT2D eigenvalue weighted by molar-refractivity contribution is 14.1. The van der Waals surface area contributed by atoms with Crippen LogP contribution < -0.4 is 10.6 Å². The number of benzene rings is 1. The first-order valence-corrected chi connectivity index (χ1v) is 9.21. The van der Waals surface area contributed by atoms with Crippen LogP contribution in [0.1, 0.15) is 23.7 Å². The Morgan fingerprint density at radius 1 is 1.24 bits per heavy atom. The van der Waals surface area contributed by atoms with Gasteiger partial charge in [-0.2, -0.15) is 5.10 Å². The summed E-state index contributed by atoms with van der Waals surface area (Å²) in [7, 11) is 0. The topological polar surface area (TPSA) is 84.7 Å². The van der Waals surface area contributed by atoms with Gasteiger partial charge in [-0.25, -0.2) is 14.6 Å². The molecule has 25 heavy (non-hydrogen) atoms. The number of halogens is 1. The molecule has 0 radical (unpaired) electrons. The zero-order valence-corrected chi connectivity index (χ0v) is 16.0. The number of nitrogens with one attached hydrogen (secondary N) is 2. The molecule has 0 fully saturated rings. The fourth-order valence-electron chi connectivity index (χ4n) is 2.46. The van der Waals surface area contributed by atoms with Gasteiger partial charge in [0.05, 0.1) is 23.7 Å². The molecule has 3 aromatic rings. The predicted octanol–water partition coefficient (Wildman–Crippen LogP) is 2.68. The number of hydrogen-bond acceptors (Lipinski definition) is 5. The quantitative estimate of drug-likeness (QED) is 0.541. The Morgan fingerprint density at radius 3 is 2.88 bits per heavy atom. The Balaban J connectivity index is 1.66. The Hall–Kier alpha value is -2.23. The van der Waals surface area contributed by atoms with Crippen molar-refractivity contribution in [2.24, 2.45) is 0 Å². The van der Waals surface area contributed by atoms with Gasteiger partial charge in [0.25, 0.3) is 5.91 Å². The Bertz CT molecular complexity index is 878. The number of carbonyl (C=O) groups is 1. The first-order chi connectivity index (χ1) is 12.2. The molecule has 130 valence electrons. The van der Waals surface area contributed by atoms with E-state index >= 15 is 0 Å². The van der Waals surface area contributed by atoms with E-state index in [2.05, 4.69) is 55.2 Å². The SMILES string of the molecule is CCCNc1ncnc2c1cnn2CCNC(=O)c1ccccc1I. The number of anilines is 1. The third kappa shape index (κ3) is 4.06. The summed E-state index contributed by atoms with van der Waals surface area (Å²) in [5.41, 5.74) is 1.44. The minimum atomic E-state index is -0.0820. The molecule has 2 heterocycles. The molecule has 0 unspecified atom stereocenters. The summed E-state index contributed by atoms with van der Waals surface area (Å²) in [6.07, 6.45) is 4.31. The van der Waals surface area contributed by atoms with Crippen molar-refractivity contribution in [2.45, 2.75) is 19.9 Å². The molecule has 1 aromatic carbocycles. The van der Waals surface area contributed by atoms with E-state index in [1.165, 1.54) is 6.33 Å². The van der Waals surface area contributed by atoms with E-state index in [1.54, 1.807) is 10.9 Å². The summed E-state index contributed by atoms with van der Waals surface area (Å²) in [5.74, 6) is 0.711. The molecule has 2 aromatic heterocycles. The van der Waals surface area contributed by atoms with Gasteiger partial charge < -0.3 is 10.6 Å². The van der Waals surface area contributed by atoms with Crippen molar-refractivity contribution in [3.05, 3.63) is 45.9 Å². The van der Waals surface area contributed by atoms with Crippen LogP contribution in [0, 0.1) is 3.57 Å². The van der Waals surface area contributed by atoms with E-state index in [0.717, 1.165) is 33.4 Å². The Morgan fingerprint density at radius 2 is 2.08 bits per heavy atom. The van der Waals surface area contributed by atoms with Gasteiger partial charge in [0.15, 0.2) is 5.65 Å². The third-order valence-corrected chi connectivity index (χ3v) is 4.64. The normalized spacial score (nSPS) is 10.8. The van der Waals surface area contributed by atoms with E-state index in [1.807, 2.05) is 24.3 Å². The van der Waals surface area contributed by atoms with Crippen molar-refractivity contribution < 1.29 is 4.79 Å². The van der Waals surface area contributed by atoms with Crippen LogP contribution in [0.3, 0.4) is 0 Å². The van der Waals surface area contributed by atoms with E-state index in [-0.39, 0.29) is 5.91 Å². The van der Waals surface area contributed by atoms with Crippen molar-refractivity contribution >= 4 is 45.3 Å². The second-order valence-electron chi connectivity index (χ2n) is 5.49. The monoisotopic (exact) mass is 450 g/mol. The maximum absolute atomic E-state index is 12.2. The van der Waals surface area contributed by atoms with Crippen LogP contribution in [0.4, 0.5) is 5.82 Å². The van der Waals surface area contributed by atoms with Gasteiger partial charge >= 0.3 is 0 Å². The highest BCUT2D eigenvalue weighted by Gasteiger charge is 2.11. The maximum atomic E-state index is 12.2. The molecule has 8 heteroatoms. The lowest BCUT2D eigenvalue weighted by Gasteiger charge is -2.08. The average Bonchev–Trinajstić information content (AvgIpc) is 3.04. The molecule has 7 nitrogen and oxygen atoms in total. The molecule has 0 spiro atoms. The summed E-state index contributed by atoms with van der Waals surface area (Å²) in [5, 5.41) is 11.5. The van der Waals surface area contributed by atoms with Crippen LogP contribution in [0.25, 0.3) is 11.0 Å². The molecule has 0 aliphatic carbocycles. The van der Waals surface area contributed by atoms with Gasteiger partial charge in [-0.3, -0.25) is 4.79 Å². The lowest BCUT2D eigenvalue weighted by Crippen LogP contribution is -2.28. The second-order valence-corrected chi connectivity index (χ2v) is 6.65. The highest BCUT2D eigenvalue weighted by atomic mass is 127. The lowest BCUT2D eigenvalue weighted by atomic mass is 10.2. The molecule has 0 aliphatic heterocycles. The number of rotatable bonds is 7. The van der Waals surface area contributed by atoms with E-state index in [4.69, 9.17) is 0 Å². The predicted molar refractivity (Wildman–Crippen MR) is 106 cm³/mol. The van der Waals surface area contributed by atoms with Gasteiger partial charge in [0, 0.05) is 16.7 Å². The Kier molecular flexibility index (Phi) is 5.79. The number of aromatic nitrogens is 4. The number of nitrogens with zero attached hydrogens (tertiary/aromatic N) is 4. The van der Waals surface area contributed by atoms with E-state index < -0.39 is 0 Å². The molecule has 0 atom stereocenters. The maximum Gasteiger partial charge on any atom is 0.252 e. The van der Waals surface area contributed by atoms with Crippen LogP contribution in [0.15, 0.2) is 36.8 Å².